The Balaban J connectivity index is 1.17. The number of hydrogen-bond donors (Lipinski definition) is 1. The average Bonchev–Trinajstić information content (AvgIpc) is 3.41. The van der Waals surface area contributed by atoms with Crippen LogP contribution < -0.4 is 0 Å². The van der Waals surface area contributed by atoms with E-state index in [-0.39, 0.29) is 23.1 Å². The molecule has 35 heavy (non-hydrogen) atoms. The number of nitrogens with zero attached hydrogens (tertiary/aromatic N) is 2. The fourth-order valence-corrected chi connectivity index (χ4v) is 6.18. The lowest BCUT2D eigenvalue weighted by molar-refractivity contribution is -0.0210. The molecule has 0 spiro atoms. The molecular weight excluding hydrogens is 514 g/mol. The molecule has 0 unspecified atom stereocenters. The third-order valence-corrected chi connectivity index (χ3v) is 8.38. The maximum Gasteiger partial charge on any atom is 0.335 e. The Bertz CT molecular complexity index is 1440. The van der Waals surface area contributed by atoms with Gasteiger partial charge >= 0.3 is 5.97 Å². The molecule has 0 aliphatic heterocycles. The zero-order valence-electron chi connectivity index (χ0n) is 18.3. The van der Waals surface area contributed by atoms with Gasteiger partial charge in [-0.2, -0.15) is 0 Å². The first kappa shape index (κ1) is 22.9. The molecule has 0 bridgehead atoms. The van der Waals surface area contributed by atoms with Gasteiger partial charge in [0.1, 0.15) is 17.0 Å². The molecule has 2 aliphatic carbocycles. The predicted octanol–water partition coefficient (Wildman–Crippen LogP) is 7.44. The van der Waals surface area contributed by atoms with Crippen molar-refractivity contribution in [1.82, 2.24) is 10.1 Å². The number of hydrogen-bond acceptors (Lipinski definition) is 6. The number of carboxylic acid groups (broad SMARTS) is 1. The van der Waals surface area contributed by atoms with Gasteiger partial charge in [0.15, 0.2) is 5.82 Å². The van der Waals surface area contributed by atoms with E-state index in [1.807, 2.05) is 0 Å². The molecule has 6 nitrogen and oxygen atoms in total. The second-order valence-electron chi connectivity index (χ2n) is 9.01. The zero-order chi connectivity index (χ0) is 24.3. The SMILES string of the molecule is O=C(O)c1cc(F)c2nc([C@H]3C[C@H](OCc4c(-c5c(Cl)cccc5Cl)noc4C4CC4)C3)sc2c1. The van der Waals surface area contributed by atoms with Crippen molar-refractivity contribution in [2.24, 2.45) is 0 Å². The lowest BCUT2D eigenvalue weighted by Gasteiger charge is -2.33. The minimum Gasteiger partial charge on any atom is -0.478 e. The number of carbonyl (C=O) groups is 1. The molecular formula is C25H19Cl2FN2O4S. The molecule has 2 aromatic carbocycles. The number of halogens is 3. The van der Waals surface area contributed by atoms with E-state index in [0.717, 1.165) is 48.1 Å². The Morgan fingerprint density at radius 3 is 2.63 bits per heavy atom. The fraction of sp³-hybridized carbons (Fsp3) is 0.320. The van der Waals surface area contributed by atoms with Crippen LogP contribution in [0.15, 0.2) is 34.9 Å². The largest absolute Gasteiger partial charge is 0.478 e. The Morgan fingerprint density at radius 1 is 1.20 bits per heavy atom. The highest BCUT2D eigenvalue weighted by Crippen LogP contribution is 2.47. The van der Waals surface area contributed by atoms with Crippen LogP contribution in [0.4, 0.5) is 4.39 Å². The molecule has 6 rings (SSSR count). The summed E-state index contributed by atoms with van der Waals surface area (Å²) in [5.74, 6) is -0.441. The first-order chi connectivity index (χ1) is 16.9. The summed E-state index contributed by atoms with van der Waals surface area (Å²) in [6.45, 7) is 0.333. The smallest absolute Gasteiger partial charge is 0.335 e. The number of aromatic carboxylic acids is 1. The van der Waals surface area contributed by atoms with Crippen molar-refractivity contribution in [3.63, 3.8) is 0 Å². The van der Waals surface area contributed by atoms with Crippen LogP contribution in [0.25, 0.3) is 21.5 Å². The van der Waals surface area contributed by atoms with Gasteiger partial charge in [0, 0.05) is 23.0 Å². The van der Waals surface area contributed by atoms with Crippen molar-refractivity contribution in [3.05, 3.63) is 68.1 Å². The van der Waals surface area contributed by atoms with E-state index in [2.05, 4.69) is 10.1 Å². The molecule has 10 heteroatoms. The van der Waals surface area contributed by atoms with Gasteiger partial charge in [-0.05, 0) is 49.9 Å². The maximum absolute atomic E-state index is 14.3. The Hall–Kier alpha value is -2.52. The van der Waals surface area contributed by atoms with Crippen LogP contribution in [0.3, 0.4) is 0 Å². The lowest BCUT2D eigenvalue weighted by atomic mass is 9.83. The highest BCUT2D eigenvalue weighted by Gasteiger charge is 2.37. The molecule has 2 aromatic heterocycles. The Morgan fingerprint density at radius 2 is 1.94 bits per heavy atom. The van der Waals surface area contributed by atoms with Crippen LogP contribution in [0.2, 0.25) is 10.0 Å². The zero-order valence-corrected chi connectivity index (χ0v) is 20.6. The van der Waals surface area contributed by atoms with Gasteiger partial charge < -0.3 is 14.4 Å². The molecule has 2 heterocycles. The highest BCUT2D eigenvalue weighted by molar-refractivity contribution is 7.18. The first-order valence-electron chi connectivity index (χ1n) is 11.3. The van der Waals surface area contributed by atoms with Crippen molar-refractivity contribution < 1.29 is 23.6 Å². The summed E-state index contributed by atoms with van der Waals surface area (Å²) in [7, 11) is 0. The van der Waals surface area contributed by atoms with E-state index in [0.29, 0.717) is 38.5 Å². The second-order valence-corrected chi connectivity index (χ2v) is 10.9. The molecule has 4 aromatic rings. The minimum atomic E-state index is -1.16. The van der Waals surface area contributed by atoms with Crippen molar-refractivity contribution in [3.8, 4) is 11.3 Å². The van der Waals surface area contributed by atoms with E-state index < -0.39 is 11.8 Å². The van der Waals surface area contributed by atoms with Gasteiger partial charge in [-0.1, -0.05) is 34.4 Å². The quantitative estimate of drug-likeness (QED) is 0.266. The number of benzene rings is 2. The number of fused-ring (bicyclic) bond motifs is 1. The van der Waals surface area contributed by atoms with Gasteiger partial charge in [-0.25, -0.2) is 14.2 Å². The van der Waals surface area contributed by atoms with Crippen LogP contribution in [-0.4, -0.2) is 27.3 Å². The fourth-order valence-electron chi connectivity index (χ4n) is 4.46. The number of carboxylic acids is 1. The summed E-state index contributed by atoms with van der Waals surface area (Å²) in [6.07, 6.45) is 3.63. The Labute approximate surface area is 213 Å². The monoisotopic (exact) mass is 532 g/mol. The number of thiazole rings is 1. The van der Waals surface area contributed by atoms with Crippen molar-refractivity contribution in [2.45, 2.75) is 50.2 Å². The molecule has 2 fully saturated rings. The molecule has 0 atom stereocenters. The minimum absolute atomic E-state index is 0.0166. The molecule has 2 aliphatic rings. The van der Waals surface area contributed by atoms with Crippen molar-refractivity contribution in [1.29, 1.82) is 0 Å². The summed E-state index contributed by atoms with van der Waals surface area (Å²) in [4.78, 5) is 15.7. The van der Waals surface area contributed by atoms with Crippen LogP contribution in [0.5, 0.6) is 0 Å². The van der Waals surface area contributed by atoms with E-state index in [4.69, 9.17) is 37.6 Å². The molecule has 0 amide bonds. The predicted molar refractivity (Wildman–Crippen MR) is 131 cm³/mol. The van der Waals surface area contributed by atoms with Gasteiger partial charge in [-0.3, -0.25) is 0 Å². The molecule has 180 valence electrons. The van der Waals surface area contributed by atoms with E-state index >= 15 is 0 Å². The van der Waals surface area contributed by atoms with Gasteiger partial charge in [-0.15, -0.1) is 11.3 Å². The molecule has 2 saturated carbocycles. The van der Waals surface area contributed by atoms with Crippen LogP contribution in [0.1, 0.15) is 64.2 Å². The van der Waals surface area contributed by atoms with Crippen molar-refractivity contribution >= 4 is 50.7 Å². The molecule has 1 N–H and O–H groups in total. The second kappa shape index (κ2) is 8.85. The highest BCUT2D eigenvalue weighted by atomic mass is 35.5. The third kappa shape index (κ3) is 4.22. The first-order valence-corrected chi connectivity index (χ1v) is 12.8. The third-order valence-electron chi connectivity index (χ3n) is 6.59. The van der Waals surface area contributed by atoms with Gasteiger partial charge in [0.05, 0.1) is 38.0 Å². The summed E-state index contributed by atoms with van der Waals surface area (Å²) in [5.41, 5.74) is 2.30. The summed E-state index contributed by atoms with van der Waals surface area (Å²) in [6, 6.07) is 7.82. The number of ether oxygens (including phenoxy) is 1. The van der Waals surface area contributed by atoms with Gasteiger partial charge in [0.2, 0.25) is 0 Å². The number of rotatable bonds is 7. The summed E-state index contributed by atoms with van der Waals surface area (Å²) >= 11 is 14.2. The maximum atomic E-state index is 14.3. The molecule has 0 radical (unpaired) electrons. The van der Waals surface area contributed by atoms with Gasteiger partial charge in [0.25, 0.3) is 0 Å². The van der Waals surface area contributed by atoms with Crippen LogP contribution >= 0.6 is 34.5 Å². The van der Waals surface area contributed by atoms with E-state index in [9.17, 15) is 9.18 Å². The standard InChI is InChI=1S/C25H19Cl2FN2O4S/c26-16-2-1-3-17(27)20(16)21-15(23(34-30-21)11-4-5-11)10-33-14-6-12(7-14)24-29-22-18(28)8-13(25(31)32)9-19(22)35-24/h1-3,8-9,11-12,14H,4-7,10H2,(H,31,32)/t12-,14-. The van der Waals surface area contributed by atoms with E-state index in [1.165, 1.54) is 17.4 Å². The number of aromatic nitrogens is 2. The summed E-state index contributed by atoms with van der Waals surface area (Å²) < 4.78 is 26.8. The summed E-state index contributed by atoms with van der Waals surface area (Å²) in [5, 5.41) is 15.3. The van der Waals surface area contributed by atoms with Crippen molar-refractivity contribution in [2.75, 3.05) is 0 Å². The topological polar surface area (TPSA) is 85.5 Å². The Kier molecular flexibility index (Phi) is 5.79. The van der Waals surface area contributed by atoms with Crippen LogP contribution in [0, 0.1) is 5.82 Å². The van der Waals surface area contributed by atoms with E-state index in [1.54, 1.807) is 18.2 Å². The van der Waals surface area contributed by atoms with Crippen LogP contribution in [-0.2, 0) is 11.3 Å². The normalized spacial score (nSPS) is 19.7. The average molecular weight is 533 g/mol. The molecule has 0 saturated heterocycles. The lowest BCUT2D eigenvalue weighted by Crippen LogP contribution is -2.29.